The van der Waals surface area contributed by atoms with Gasteiger partial charge in [0.15, 0.2) is 5.65 Å². The van der Waals surface area contributed by atoms with E-state index in [0.717, 1.165) is 0 Å². The Morgan fingerprint density at radius 3 is 2.61 bits per heavy atom. The van der Waals surface area contributed by atoms with Gasteiger partial charge in [0.1, 0.15) is 11.4 Å². The molecule has 0 aliphatic heterocycles. The molecular weight excluding hydrogens is 398 g/mol. The number of benzene rings is 1. The van der Waals surface area contributed by atoms with Crippen molar-refractivity contribution in [3.05, 3.63) is 100.0 Å². The summed E-state index contributed by atoms with van der Waals surface area (Å²) < 4.78 is 6.38. The lowest BCUT2D eigenvalue weighted by Crippen LogP contribution is -2.27. The fourth-order valence-electron chi connectivity index (χ4n) is 2.94. The molecule has 0 aliphatic rings. The van der Waals surface area contributed by atoms with Crippen molar-refractivity contribution in [2.75, 3.05) is 5.32 Å². The summed E-state index contributed by atoms with van der Waals surface area (Å²) >= 11 is 0. The maximum atomic E-state index is 12.8. The van der Waals surface area contributed by atoms with Crippen molar-refractivity contribution in [2.45, 2.75) is 6.54 Å². The minimum atomic E-state index is -0.535. The van der Waals surface area contributed by atoms with Crippen LogP contribution in [-0.2, 0) is 6.54 Å². The van der Waals surface area contributed by atoms with Crippen LogP contribution in [-0.4, -0.2) is 21.2 Å². The van der Waals surface area contributed by atoms with Gasteiger partial charge in [-0.2, -0.15) is 5.26 Å². The molecule has 9 heteroatoms. The Labute approximate surface area is 175 Å². The number of nitriles is 1. The van der Waals surface area contributed by atoms with Crippen molar-refractivity contribution in [1.82, 2.24) is 14.7 Å². The molecule has 0 saturated heterocycles. The van der Waals surface area contributed by atoms with Gasteiger partial charge in [-0.1, -0.05) is 0 Å². The lowest BCUT2D eigenvalue weighted by atomic mass is 10.1. The van der Waals surface area contributed by atoms with E-state index in [1.165, 1.54) is 47.3 Å². The highest BCUT2D eigenvalue weighted by Crippen LogP contribution is 2.11. The number of aromatic nitrogens is 2. The number of amides is 2. The zero-order valence-corrected chi connectivity index (χ0v) is 16.0. The van der Waals surface area contributed by atoms with Gasteiger partial charge in [-0.15, -0.1) is 0 Å². The van der Waals surface area contributed by atoms with Gasteiger partial charge in [0.05, 0.1) is 36.2 Å². The number of carbonyl (C=O) groups excluding carboxylic acids is 2. The number of fused-ring (bicyclic) bond motifs is 1. The van der Waals surface area contributed by atoms with Crippen LogP contribution in [0.4, 0.5) is 5.69 Å². The zero-order valence-electron chi connectivity index (χ0n) is 16.0. The van der Waals surface area contributed by atoms with Crippen molar-refractivity contribution in [2.24, 2.45) is 0 Å². The van der Waals surface area contributed by atoms with Crippen LogP contribution in [0.1, 0.15) is 32.0 Å². The predicted octanol–water partition coefficient (Wildman–Crippen LogP) is 2.34. The van der Waals surface area contributed by atoms with Crippen LogP contribution in [0.2, 0.25) is 0 Å². The first kappa shape index (κ1) is 19.6. The molecule has 0 unspecified atom stereocenters. The quantitative estimate of drug-likeness (QED) is 0.517. The second kappa shape index (κ2) is 8.34. The largest absolute Gasteiger partial charge is 0.467 e. The number of rotatable bonds is 5. The lowest BCUT2D eigenvalue weighted by molar-refractivity contribution is 0.0948. The van der Waals surface area contributed by atoms with Gasteiger partial charge in [0.25, 0.3) is 17.4 Å². The van der Waals surface area contributed by atoms with Crippen LogP contribution in [0.5, 0.6) is 0 Å². The Balaban J connectivity index is 1.59. The number of furan rings is 1. The minimum absolute atomic E-state index is 0.0417. The molecule has 3 aromatic heterocycles. The molecule has 0 atom stereocenters. The average molecular weight is 413 g/mol. The standard InChI is InChI=1S/C22H15N5O4/c23-11-14-5-7-15(8-6-14)20(28)26-18-13-24-19-17(4-1-9-27(19)22(18)30)21(29)25-12-16-3-2-10-31-16/h1-10,13H,12H2,(H,25,29)(H,26,28). The summed E-state index contributed by atoms with van der Waals surface area (Å²) in [5.41, 5.74) is 0.487. The monoisotopic (exact) mass is 413 g/mol. The molecule has 1 aromatic carbocycles. The van der Waals surface area contributed by atoms with Gasteiger partial charge in [-0.3, -0.25) is 18.8 Å². The van der Waals surface area contributed by atoms with E-state index in [4.69, 9.17) is 9.68 Å². The Morgan fingerprint density at radius 2 is 1.90 bits per heavy atom. The molecule has 152 valence electrons. The number of pyridine rings is 1. The van der Waals surface area contributed by atoms with Crippen LogP contribution >= 0.6 is 0 Å². The van der Waals surface area contributed by atoms with Crippen LogP contribution in [0.25, 0.3) is 5.65 Å². The van der Waals surface area contributed by atoms with Crippen molar-refractivity contribution < 1.29 is 14.0 Å². The molecule has 0 spiro atoms. The Hall–Kier alpha value is -4.71. The molecule has 4 rings (SSSR count). The number of anilines is 1. The smallest absolute Gasteiger partial charge is 0.281 e. The number of nitrogens with one attached hydrogen (secondary N) is 2. The fraction of sp³-hybridized carbons (Fsp3) is 0.0455. The molecule has 0 saturated carbocycles. The topological polar surface area (TPSA) is 130 Å². The van der Waals surface area contributed by atoms with Crippen molar-refractivity contribution in [3.8, 4) is 6.07 Å². The molecule has 2 N–H and O–H groups in total. The van der Waals surface area contributed by atoms with Crippen LogP contribution in [0.15, 0.2) is 76.4 Å². The number of hydrogen-bond donors (Lipinski definition) is 2. The van der Waals surface area contributed by atoms with Crippen molar-refractivity contribution in [1.29, 1.82) is 5.26 Å². The summed E-state index contributed by atoms with van der Waals surface area (Å²) in [5.74, 6) is -0.349. The Bertz CT molecular complexity index is 1370. The average Bonchev–Trinajstić information content (AvgIpc) is 3.33. The van der Waals surface area contributed by atoms with E-state index < -0.39 is 17.4 Å². The van der Waals surface area contributed by atoms with E-state index in [9.17, 15) is 14.4 Å². The Morgan fingerprint density at radius 1 is 1.10 bits per heavy atom. The molecular formula is C22H15N5O4. The van der Waals surface area contributed by atoms with E-state index in [1.807, 2.05) is 6.07 Å². The highest BCUT2D eigenvalue weighted by Gasteiger charge is 2.15. The minimum Gasteiger partial charge on any atom is -0.467 e. The second-order valence-corrected chi connectivity index (χ2v) is 6.50. The van der Waals surface area contributed by atoms with Gasteiger partial charge in [-0.05, 0) is 48.5 Å². The predicted molar refractivity (Wildman–Crippen MR) is 110 cm³/mol. The van der Waals surface area contributed by atoms with E-state index in [0.29, 0.717) is 11.3 Å². The molecule has 9 nitrogen and oxygen atoms in total. The van der Waals surface area contributed by atoms with Crippen LogP contribution < -0.4 is 16.2 Å². The van der Waals surface area contributed by atoms with E-state index in [1.54, 1.807) is 24.3 Å². The first-order valence-electron chi connectivity index (χ1n) is 9.19. The molecule has 4 aromatic rings. The van der Waals surface area contributed by atoms with Crippen molar-refractivity contribution in [3.63, 3.8) is 0 Å². The molecule has 0 aliphatic carbocycles. The first-order chi connectivity index (χ1) is 15.1. The third-order valence-corrected chi connectivity index (χ3v) is 4.50. The summed E-state index contributed by atoms with van der Waals surface area (Å²) in [6.07, 6.45) is 4.18. The Kier molecular flexibility index (Phi) is 5.27. The normalized spacial score (nSPS) is 10.4. The highest BCUT2D eigenvalue weighted by atomic mass is 16.3. The SMILES string of the molecule is N#Cc1ccc(C(=O)Nc2cnc3c(C(=O)NCc4ccco4)cccn3c2=O)cc1. The summed E-state index contributed by atoms with van der Waals surface area (Å²) in [5, 5.41) is 14.1. The number of hydrogen-bond acceptors (Lipinski definition) is 6. The zero-order chi connectivity index (χ0) is 21.8. The third kappa shape index (κ3) is 4.04. The maximum absolute atomic E-state index is 12.8. The molecule has 0 bridgehead atoms. The number of nitrogens with zero attached hydrogens (tertiary/aromatic N) is 3. The van der Waals surface area contributed by atoms with Crippen molar-refractivity contribution >= 4 is 23.1 Å². The third-order valence-electron chi connectivity index (χ3n) is 4.50. The van der Waals surface area contributed by atoms with Gasteiger partial charge in [0.2, 0.25) is 0 Å². The van der Waals surface area contributed by atoms with Crippen LogP contribution in [0, 0.1) is 11.3 Å². The molecule has 3 heterocycles. The second-order valence-electron chi connectivity index (χ2n) is 6.50. The van der Waals surface area contributed by atoms with Gasteiger partial charge < -0.3 is 15.1 Å². The first-order valence-corrected chi connectivity index (χ1v) is 9.19. The maximum Gasteiger partial charge on any atom is 0.281 e. The summed E-state index contributed by atoms with van der Waals surface area (Å²) in [7, 11) is 0. The van der Waals surface area contributed by atoms with E-state index in [-0.39, 0.29) is 29.0 Å². The van der Waals surface area contributed by atoms with E-state index in [2.05, 4.69) is 15.6 Å². The van der Waals surface area contributed by atoms with E-state index >= 15 is 0 Å². The lowest BCUT2D eigenvalue weighted by Gasteiger charge is -2.09. The van der Waals surface area contributed by atoms with Gasteiger partial charge in [-0.25, -0.2) is 4.98 Å². The molecule has 0 fully saturated rings. The fourth-order valence-corrected chi connectivity index (χ4v) is 2.94. The van der Waals surface area contributed by atoms with Gasteiger partial charge >= 0.3 is 0 Å². The molecule has 2 amide bonds. The molecule has 0 radical (unpaired) electrons. The van der Waals surface area contributed by atoms with Crippen LogP contribution in [0.3, 0.4) is 0 Å². The molecule has 31 heavy (non-hydrogen) atoms. The summed E-state index contributed by atoms with van der Waals surface area (Å²) in [4.78, 5) is 42.0. The summed E-state index contributed by atoms with van der Waals surface area (Å²) in [6.45, 7) is 0.190. The highest BCUT2D eigenvalue weighted by molar-refractivity contribution is 6.04. The van der Waals surface area contributed by atoms with Gasteiger partial charge in [0, 0.05) is 11.8 Å². The number of carbonyl (C=O) groups is 2. The summed E-state index contributed by atoms with van der Waals surface area (Å²) in [6, 6.07) is 14.5.